The second-order valence-electron chi connectivity index (χ2n) is 6.42. The van der Waals surface area contributed by atoms with Crippen LogP contribution in [0.1, 0.15) is 37.3 Å². The molecule has 0 saturated heterocycles. The molecule has 0 radical (unpaired) electrons. The molecule has 1 aliphatic heterocycles. The van der Waals surface area contributed by atoms with E-state index in [0.717, 1.165) is 49.8 Å². The molecule has 1 aliphatic rings. The van der Waals surface area contributed by atoms with Gasteiger partial charge in [-0.05, 0) is 36.1 Å². The molecule has 0 spiro atoms. The molecular weight excluding hydrogens is 330 g/mol. The summed E-state index contributed by atoms with van der Waals surface area (Å²) in [6.45, 7) is 4.69. The van der Waals surface area contributed by atoms with Crippen LogP contribution in [0.4, 0.5) is 11.8 Å². The molecule has 1 aromatic carbocycles. The maximum absolute atomic E-state index is 5.43. The largest absolute Gasteiger partial charge is 0.493 e. The van der Waals surface area contributed by atoms with Gasteiger partial charge in [0.1, 0.15) is 0 Å². The van der Waals surface area contributed by atoms with E-state index < -0.39 is 0 Å². The average Bonchev–Trinajstić information content (AvgIpc) is 2.70. The van der Waals surface area contributed by atoms with Crippen LogP contribution < -0.4 is 19.7 Å². The number of nitrogens with zero attached hydrogens (tertiary/aromatic N) is 4. The molecule has 7 heteroatoms. The molecule has 0 unspecified atom stereocenters. The Morgan fingerprint density at radius 1 is 1.12 bits per heavy atom. The SMILES string of the molecule is CCCCCNc1cnnc(N2CCc3cc(OC)c(OC)cc3C2)n1. The van der Waals surface area contributed by atoms with Gasteiger partial charge in [0.15, 0.2) is 17.3 Å². The van der Waals surface area contributed by atoms with Crippen molar-refractivity contribution in [2.75, 3.05) is 37.5 Å². The standard InChI is InChI=1S/C19H27N5O2/c1-4-5-6-8-20-18-12-21-23-19(22-18)24-9-7-14-10-16(25-2)17(26-3)11-15(14)13-24/h10-12H,4-9,13H2,1-3H3,(H,20,22,23). The van der Waals surface area contributed by atoms with Crippen LogP contribution in [0, 0.1) is 0 Å². The van der Waals surface area contributed by atoms with Crippen LogP contribution >= 0.6 is 0 Å². The van der Waals surface area contributed by atoms with Crippen molar-refractivity contribution in [3.63, 3.8) is 0 Å². The summed E-state index contributed by atoms with van der Waals surface area (Å²) < 4.78 is 10.8. The molecule has 0 amide bonds. The summed E-state index contributed by atoms with van der Waals surface area (Å²) in [7, 11) is 3.32. The molecule has 0 fully saturated rings. The van der Waals surface area contributed by atoms with E-state index in [-0.39, 0.29) is 0 Å². The van der Waals surface area contributed by atoms with E-state index >= 15 is 0 Å². The Kier molecular flexibility index (Phi) is 6.09. The molecule has 7 nitrogen and oxygen atoms in total. The van der Waals surface area contributed by atoms with Crippen molar-refractivity contribution in [1.82, 2.24) is 15.2 Å². The zero-order valence-corrected chi connectivity index (χ0v) is 15.8. The van der Waals surface area contributed by atoms with Gasteiger partial charge in [-0.15, -0.1) is 5.10 Å². The third kappa shape index (κ3) is 4.15. The van der Waals surface area contributed by atoms with Gasteiger partial charge in [-0.1, -0.05) is 19.8 Å². The fourth-order valence-electron chi connectivity index (χ4n) is 3.16. The monoisotopic (exact) mass is 357 g/mol. The maximum atomic E-state index is 5.43. The quantitative estimate of drug-likeness (QED) is 0.728. The van der Waals surface area contributed by atoms with Gasteiger partial charge in [0, 0.05) is 19.6 Å². The van der Waals surface area contributed by atoms with Gasteiger partial charge < -0.3 is 19.7 Å². The molecule has 0 saturated carbocycles. The van der Waals surface area contributed by atoms with E-state index in [4.69, 9.17) is 9.47 Å². The highest BCUT2D eigenvalue weighted by Crippen LogP contribution is 2.33. The Balaban J connectivity index is 1.72. The highest BCUT2D eigenvalue weighted by molar-refractivity contribution is 5.51. The summed E-state index contributed by atoms with van der Waals surface area (Å²) in [6, 6.07) is 4.11. The van der Waals surface area contributed by atoms with Crippen molar-refractivity contribution in [2.45, 2.75) is 39.2 Å². The lowest BCUT2D eigenvalue weighted by molar-refractivity contribution is 0.353. The normalized spacial score (nSPS) is 13.3. The molecule has 26 heavy (non-hydrogen) atoms. The lowest BCUT2D eigenvalue weighted by atomic mass is 9.99. The van der Waals surface area contributed by atoms with Gasteiger partial charge in [-0.25, -0.2) is 0 Å². The van der Waals surface area contributed by atoms with Gasteiger partial charge >= 0.3 is 0 Å². The van der Waals surface area contributed by atoms with Crippen molar-refractivity contribution in [1.29, 1.82) is 0 Å². The first-order valence-electron chi connectivity index (χ1n) is 9.17. The molecular formula is C19H27N5O2. The van der Waals surface area contributed by atoms with Gasteiger partial charge in [0.05, 0.1) is 20.4 Å². The number of hydrogen-bond acceptors (Lipinski definition) is 7. The summed E-state index contributed by atoms with van der Waals surface area (Å²) in [6.07, 6.45) is 6.14. The van der Waals surface area contributed by atoms with E-state index in [0.29, 0.717) is 5.95 Å². The number of benzene rings is 1. The fourth-order valence-corrected chi connectivity index (χ4v) is 3.16. The number of anilines is 2. The maximum Gasteiger partial charge on any atom is 0.247 e. The topological polar surface area (TPSA) is 72.4 Å². The zero-order valence-electron chi connectivity index (χ0n) is 15.8. The first-order chi connectivity index (χ1) is 12.7. The Labute approximate surface area is 154 Å². The number of rotatable bonds is 8. The summed E-state index contributed by atoms with van der Waals surface area (Å²) in [5.41, 5.74) is 2.49. The van der Waals surface area contributed by atoms with E-state index in [1.807, 2.05) is 6.07 Å². The minimum atomic E-state index is 0.658. The van der Waals surface area contributed by atoms with E-state index in [1.165, 1.54) is 24.0 Å². The molecule has 140 valence electrons. The number of fused-ring (bicyclic) bond motifs is 1. The van der Waals surface area contributed by atoms with Crippen LogP contribution in [0.15, 0.2) is 18.3 Å². The van der Waals surface area contributed by atoms with Crippen molar-refractivity contribution < 1.29 is 9.47 Å². The van der Waals surface area contributed by atoms with E-state index in [1.54, 1.807) is 20.4 Å². The fraction of sp³-hybridized carbons (Fsp3) is 0.526. The van der Waals surface area contributed by atoms with Crippen LogP contribution in [0.5, 0.6) is 11.5 Å². The number of methoxy groups -OCH3 is 2. The highest BCUT2D eigenvalue weighted by atomic mass is 16.5. The number of hydrogen-bond donors (Lipinski definition) is 1. The molecule has 2 aromatic rings. The first-order valence-corrected chi connectivity index (χ1v) is 9.17. The van der Waals surface area contributed by atoms with Crippen molar-refractivity contribution in [3.05, 3.63) is 29.5 Å². The Morgan fingerprint density at radius 2 is 1.88 bits per heavy atom. The molecule has 0 aliphatic carbocycles. The van der Waals surface area contributed by atoms with E-state index in [9.17, 15) is 0 Å². The van der Waals surface area contributed by atoms with Crippen LogP contribution in [0.2, 0.25) is 0 Å². The van der Waals surface area contributed by atoms with Crippen LogP contribution in [-0.4, -0.2) is 42.5 Å². The number of nitrogens with one attached hydrogen (secondary N) is 1. The van der Waals surface area contributed by atoms with Gasteiger partial charge in [0.25, 0.3) is 0 Å². The van der Waals surface area contributed by atoms with Gasteiger partial charge in [-0.2, -0.15) is 10.1 Å². The van der Waals surface area contributed by atoms with Crippen LogP contribution in [0.25, 0.3) is 0 Å². The van der Waals surface area contributed by atoms with Crippen molar-refractivity contribution >= 4 is 11.8 Å². The molecule has 1 N–H and O–H groups in total. The number of ether oxygens (including phenoxy) is 2. The Morgan fingerprint density at radius 3 is 2.62 bits per heavy atom. The smallest absolute Gasteiger partial charge is 0.247 e. The second-order valence-corrected chi connectivity index (χ2v) is 6.42. The lowest BCUT2D eigenvalue weighted by Gasteiger charge is -2.29. The lowest BCUT2D eigenvalue weighted by Crippen LogP contribution is -2.32. The third-order valence-corrected chi connectivity index (χ3v) is 4.63. The molecule has 2 heterocycles. The van der Waals surface area contributed by atoms with Gasteiger partial charge in [0.2, 0.25) is 5.95 Å². The number of aromatic nitrogens is 3. The second kappa shape index (κ2) is 8.69. The summed E-state index contributed by atoms with van der Waals surface area (Å²) >= 11 is 0. The summed E-state index contributed by atoms with van der Waals surface area (Å²) in [4.78, 5) is 6.78. The van der Waals surface area contributed by atoms with Crippen LogP contribution in [0.3, 0.4) is 0 Å². The molecule has 0 bridgehead atoms. The van der Waals surface area contributed by atoms with Crippen molar-refractivity contribution in [3.8, 4) is 11.5 Å². The molecule has 1 aromatic heterocycles. The Bertz CT molecular complexity index is 738. The first kappa shape index (κ1) is 18.2. The Hall–Kier alpha value is -2.57. The third-order valence-electron chi connectivity index (χ3n) is 4.63. The average molecular weight is 357 g/mol. The van der Waals surface area contributed by atoms with E-state index in [2.05, 4.69) is 38.4 Å². The van der Waals surface area contributed by atoms with Crippen molar-refractivity contribution in [2.24, 2.45) is 0 Å². The minimum absolute atomic E-state index is 0.658. The predicted octanol–water partition coefficient (Wildman–Crippen LogP) is 3.05. The summed E-state index contributed by atoms with van der Waals surface area (Å²) in [5, 5.41) is 11.7. The van der Waals surface area contributed by atoms with Crippen LogP contribution in [-0.2, 0) is 13.0 Å². The molecule has 0 atom stereocenters. The summed E-state index contributed by atoms with van der Waals surface area (Å²) in [5.74, 6) is 2.96. The highest BCUT2D eigenvalue weighted by Gasteiger charge is 2.21. The number of unbranched alkanes of at least 4 members (excludes halogenated alkanes) is 2. The minimum Gasteiger partial charge on any atom is -0.493 e. The predicted molar refractivity (Wildman–Crippen MR) is 102 cm³/mol. The molecule has 3 rings (SSSR count). The van der Waals surface area contributed by atoms with Gasteiger partial charge in [-0.3, -0.25) is 0 Å². The zero-order chi connectivity index (χ0) is 18.4.